The summed E-state index contributed by atoms with van der Waals surface area (Å²) in [7, 11) is 0. The standard InChI is InChI=1S/C16H12F5NO2S/c1-16(2,3)8(23)5-9-22-15(24)7(25-9)4-6-10(17)12(19)14(21)13(20)11(6)18/h4-5H,1-3H3,(H,22,24)/b7-4+,9-5+. The Morgan fingerprint density at radius 1 is 0.960 bits per heavy atom. The van der Waals surface area contributed by atoms with Crippen molar-refractivity contribution >= 4 is 29.3 Å². The number of carbonyl (C=O) groups is 1. The Kier molecular flexibility index (Phi) is 4.99. The van der Waals surface area contributed by atoms with E-state index in [9.17, 15) is 31.5 Å². The molecule has 25 heavy (non-hydrogen) atoms. The fourth-order valence-corrected chi connectivity index (χ4v) is 2.61. The number of halogens is 5. The van der Waals surface area contributed by atoms with E-state index in [1.165, 1.54) is 0 Å². The lowest BCUT2D eigenvalue weighted by Gasteiger charge is -2.12. The van der Waals surface area contributed by atoms with E-state index < -0.39 is 45.6 Å². The molecule has 0 bridgehead atoms. The molecule has 0 radical (unpaired) electrons. The van der Waals surface area contributed by atoms with Crippen molar-refractivity contribution in [3.8, 4) is 0 Å². The Balaban J connectivity index is 2.69. The maximum Gasteiger partial charge on any atom is 0.266 e. The summed E-state index contributed by atoms with van der Waals surface area (Å²) in [5.74, 6) is -10.9. The third-order valence-electron chi connectivity index (χ3n) is 3.20. The first-order valence-electron chi connectivity index (χ1n) is 6.92. The topological polar surface area (TPSA) is 49.9 Å². The first-order chi connectivity index (χ1) is 11.4. The van der Waals surface area contributed by atoms with Crippen LogP contribution in [-0.2, 0) is 4.79 Å². The van der Waals surface area contributed by atoms with Crippen molar-refractivity contribution in [2.24, 2.45) is 5.41 Å². The summed E-state index contributed by atoms with van der Waals surface area (Å²) in [6, 6.07) is 0. The Labute approximate surface area is 142 Å². The number of benzene rings is 1. The third kappa shape index (κ3) is 3.71. The van der Waals surface area contributed by atoms with E-state index in [0.717, 1.165) is 6.08 Å². The summed E-state index contributed by atoms with van der Waals surface area (Å²) in [4.78, 5) is 26.0. The molecule has 2 aromatic rings. The van der Waals surface area contributed by atoms with Crippen LogP contribution in [0.25, 0.3) is 12.2 Å². The number of rotatable bonds is 2. The maximum atomic E-state index is 13.7. The van der Waals surface area contributed by atoms with E-state index in [4.69, 9.17) is 0 Å². The minimum atomic E-state index is -2.28. The number of hydrogen-bond donors (Lipinski definition) is 1. The van der Waals surface area contributed by atoms with Gasteiger partial charge in [0.25, 0.3) is 5.56 Å². The number of ketones is 1. The molecule has 0 unspecified atom stereocenters. The van der Waals surface area contributed by atoms with Crippen molar-refractivity contribution < 1.29 is 26.7 Å². The lowest BCUT2D eigenvalue weighted by Crippen LogP contribution is -2.22. The molecule has 2 rings (SSSR count). The molecule has 3 nitrogen and oxygen atoms in total. The van der Waals surface area contributed by atoms with Gasteiger partial charge in [0.2, 0.25) is 5.82 Å². The molecule has 0 spiro atoms. The summed E-state index contributed by atoms with van der Waals surface area (Å²) in [6.45, 7) is 4.96. The van der Waals surface area contributed by atoms with Crippen LogP contribution in [0.4, 0.5) is 22.0 Å². The molecule has 1 aromatic heterocycles. The number of H-pyrrole nitrogens is 1. The van der Waals surface area contributed by atoms with Crippen molar-refractivity contribution in [2.75, 3.05) is 0 Å². The first kappa shape index (κ1) is 19.0. The quantitative estimate of drug-likeness (QED) is 0.496. The molecule has 0 aliphatic carbocycles. The van der Waals surface area contributed by atoms with Gasteiger partial charge in [0.05, 0.1) is 14.8 Å². The zero-order valence-corrected chi connectivity index (χ0v) is 14.1. The predicted octanol–water partition coefficient (Wildman–Crippen LogP) is 2.36. The largest absolute Gasteiger partial charge is 0.313 e. The smallest absolute Gasteiger partial charge is 0.266 e. The predicted molar refractivity (Wildman–Crippen MR) is 82.9 cm³/mol. The van der Waals surface area contributed by atoms with Gasteiger partial charge in [-0.15, -0.1) is 11.3 Å². The minimum Gasteiger partial charge on any atom is -0.313 e. The van der Waals surface area contributed by atoms with Gasteiger partial charge in [0.15, 0.2) is 29.1 Å². The maximum absolute atomic E-state index is 13.7. The summed E-state index contributed by atoms with van der Waals surface area (Å²) < 4.78 is 66.6. The lowest BCUT2D eigenvalue weighted by atomic mass is 9.91. The highest BCUT2D eigenvalue weighted by molar-refractivity contribution is 7.07. The van der Waals surface area contributed by atoms with Gasteiger partial charge in [0, 0.05) is 11.5 Å². The van der Waals surface area contributed by atoms with E-state index in [0.29, 0.717) is 17.4 Å². The molecule has 134 valence electrons. The van der Waals surface area contributed by atoms with Gasteiger partial charge in [-0.3, -0.25) is 9.59 Å². The number of aromatic nitrogens is 1. The fourth-order valence-electron chi connectivity index (χ4n) is 1.74. The third-order valence-corrected chi connectivity index (χ3v) is 4.16. The Morgan fingerprint density at radius 3 is 1.92 bits per heavy atom. The molecule has 0 fully saturated rings. The van der Waals surface area contributed by atoms with Gasteiger partial charge in [-0.25, -0.2) is 22.0 Å². The van der Waals surface area contributed by atoms with Crippen molar-refractivity contribution in [2.45, 2.75) is 20.8 Å². The minimum absolute atomic E-state index is 0.0973. The highest BCUT2D eigenvalue weighted by Gasteiger charge is 2.24. The van der Waals surface area contributed by atoms with Crippen LogP contribution < -0.4 is 14.8 Å². The molecule has 0 atom stereocenters. The van der Waals surface area contributed by atoms with Gasteiger partial charge >= 0.3 is 0 Å². The number of thiazole rings is 1. The fraction of sp³-hybridized carbons (Fsp3) is 0.250. The zero-order chi connectivity index (χ0) is 19.1. The van der Waals surface area contributed by atoms with Crippen LogP contribution in [0.1, 0.15) is 26.3 Å². The van der Waals surface area contributed by atoms with E-state index in [1.54, 1.807) is 20.8 Å². The second kappa shape index (κ2) is 6.55. The van der Waals surface area contributed by atoms with Crippen LogP contribution in [0.5, 0.6) is 0 Å². The summed E-state index contributed by atoms with van der Waals surface area (Å²) in [5, 5.41) is 0. The molecular weight excluding hydrogens is 365 g/mol. The highest BCUT2D eigenvalue weighted by Crippen LogP contribution is 2.23. The van der Waals surface area contributed by atoms with Crippen molar-refractivity contribution in [3.63, 3.8) is 0 Å². The molecule has 0 saturated heterocycles. The number of Topliss-reactive ketones (excluding diaryl/α,β-unsaturated/α-hetero) is 1. The SMILES string of the molecule is CC(C)(C)C(=O)/C=c1\[nH]c(=O)/c(=C\c2c(F)c(F)c(F)c(F)c2F)s1. The Hall–Kier alpha value is -2.29. The normalized spacial score (nSPS) is 13.6. The zero-order valence-electron chi connectivity index (χ0n) is 13.3. The molecule has 1 N–H and O–H groups in total. The van der Waals surface area contributed by atoms with E-state index in [-0.39, 0.29) is 15.0 Å². The summed E-state index contributed by atoms with van der Waals surface area (Å²) >= 11 is 0.660. The van der Waals surface area contributed by atoms with E-state index >= 15 is 0 Å². The van der Waals surface area contributed by atoms with Gasteiger partial charge < -0.3 is 4.98 Å². The molecule has 0 amide bonds. The second-order valence-electron chi connectivity index (χ2n) is 6.17. The number of hydrogen-bond acceptors (Lipinski definition) is 3. The van der Waals surface area contributed by atoms with Gasteiger partial charge in [-0.2, -0.15) is 0 Å². The molecule has 9 heteroatoms. The number of nitrogens with one attached hydrogen (secondary N) is 1. The number of aromatic amines is 1. The Bertz CT molecular complexity index is 1000. The van der Waals surface area contributed by atoms with Crippen LogP contribution in [0.2, 0.25) is 0 Å². The monoisotopic (exact) mass is 377 g/mol. The molecule has 0 aliphatic rings. The lowest BCUT2D eigenvalue weighted by molar-refractivity contribution is -0.119. The van der Waals surface area contributed by atoms with E-state index in [2.05, 4.69) is 4.98 Å². The summed E-state index contributed by atoms with van der Waals surface area (Å²) in [6.07, 6.45) is 1.70. The van der Waals surface area contributed by atoms with Crippen molar-refractivity contribution in [1.29, 1.82) is 0 Å². The second-order valence-corrected chi connectivity index (χ2v) is 7.25. The Morgan fingerprint density at radius 2 is 1.44 bits per heavy atom. The van der Waals surface area contributed by atoms with Crippen LogP contribution in [0.15, 0.2) is 4.79 Å². The van der Waals surface area contributed by atoms with Gasteiger partial charge in [-0.1, -0.05) is 20.8 Å². The van der Waals surface area contributed by atoms with Crippen molar-refractivity contribution in [3.05, 3.63) is 54.2 Å². The average molecular weight is 377 g/mol. The molecular formula is C16H12F5NO2S. The van der Waals surface area contributed by atoms with Gasteiger partial charge in [-0.05, 0) is 6.08 Å². The van der Waals surface area contributed by atoms with Crippen LogP contribution in [-0.4, -0.2) is 10.8 Å². The highest BCUT2D eigenvalue weighted by atomic mass is 32.1. The molecule has 1 aromatic carbocycles. The number of carbonyl (C=O) groups excluding carboxylic acids is 1. The molecule has 1 heterocycles. The van der Waals surface area contributed by atoms with E-state index in [1.807, 2.05) is 0 Å². The molecule has 0 saturated carbocycles. The van der Waals surface area contributed by atoms with Crippen LogP contribution in [0.3, 0.4) is 0 Å². The van der Waals surface area contributed by atoms with Gasteiger partial charge in [0.1, 0.15) is 0 Å². The first-order valence-corrected chi connectivity index (χ1v) is 7.73. The average Bonchev–Trinajstić information content (AvgIpc) is 2.86. The molecule has 0 aliphatic heterocycles. The van der Waals surface area contributed by atoms with Crippen LogP contribution in [0, 0.1) is 34.5 Å². The van der Waals surface area contributed by atoms with Crippen molar-refractivity contribution in [1.82, 2.24) is 4.98 Å². The van der Waals surface area contributed by atoms with Crippen LogP contribution >= 0.6 is 11.3 Å². The summed E-state index contributed by atoms with van der Waals surface area (Å²) in [5.41, 5.74) is -2.76.